The molecule has 1 amide bonds. The van der Waals surface area contributed by atoms with Crippen LogP contribution in [0.2, 0.25) is 0 Å². The second-order valence-electron chi connectivity index (χ2n) is 8.10. The van der Waals surface area contributed by atoms with Crippen LogP contribution in [-0.2, 0) is 6.42 Å². The van der Waals surface area contributed by atoms with Crippen molar-refractivity contribution >= 4 is 46.6 Å². The van der Waals surface area contributed by atoms with E-state index in [-0.39, 0.29) is 17.6 Å². The largest absolute Gasteiger partial charge is 0.493 e. The van der Waals surface area contributed by atoms with E-state index in [9.17, 15) is 4.79 Å². The highest BCUT2D eigenvalue weighted by molar-refractivity contribution is 8.14. The third kappa shape index (κ3) is 4.96. The molecule has 3 aliphatic rings. The molecule has 2 aliphatic heterocycles. The van der Waals surface area contributed by atoms with Crippen LogP contribution in [0.1, 0.15) is 36.0 Å². The number of hydrogen-bond acceptors (Lipinski definition) is 6. The Morgan fingerprint density at radius 3 is 2.67 bits per heavy atom. The summed E-state index contributed by atoms with van der Waals surface area (Å²) < 4.78 is 11.0. The maximum atomic E-state index is 11.4. The molecule has 1 aliphatic carbocycles. The normalized spacial score (nSPS) is 18.0. The van der Waals surface area contributed by atoms with Crippen LogP contribution in [0.15, 0.2) is 46.5 Å². The van der Waals surface area contributed by atoms with Crippen molar-refractivity contribution in [3.8, 4) is 11.5 Å². The van der Waals surface area contributed by atoms with Crippen LogP contribution in [0.3, 0.4) is 0 Å². The van der Waals surface area contributed by atoms with Gasteiger partial charge < -0.3 is 14.4 Å². The molecule has 0 radical (unpaired) electrons. The van der Waals surface area contributed by atoms with Crippen molar-refractivity contribution in [2.45, 2.75) is 31.7 Å². The lowest BCUT2D eigenvalue weighted by Gasteiger charge is -2.33. The number of anilines is 1. The summed E-state index contributed by atoms with van der Waals surface area (Å²) in [6.07, 6.45) is 4.33. The Bertz CT molecular complexity index is 1120. The van der Waals surface area contributed by atoms with Crippen molar-refractivity contribution in [3.05, 3.63) is 53.1 Å². The molecule has 0 spiro atoms. The molecule has 0 bridgehead atoms. The molecule has 33 heavy (non-hydrogen) atoms. The molecule has 9 heteroatoms. The van der Waals surface area contributed by atoms with Gasteiger partial charge in [-0.25, -0.2) is 5.43 Å². The first kappa shape index (κ1) is 23.4. The number of aryl methyl sites for hydroxylation is 1. The highest BCUT2D eigenvalue weighted by Gasteiger charge is 2.28. The standard InChI is InChI=1S/C24H26N4O3S.ClH/c1-30-21-10-6-17(13-22(21)31-2)23(25-18-7-8-18)28-11-3-4-16-12-15(5-9-20(16)28)19-14-32-24(29)27-26-19;/h5-6,9-10,12-13,18H,3-4,7-8,11,14H2,1-2H3,(H,27,29);1H. The van der Waals surface area contributed by atoms with Gasteiger partial charge in [-0.1, -0.05) is 17.8 Å². The summed E-state index contributed by atoms with van der Waals surface area (Å²) in [5.74, 6) is 2.99. The van der Waals surface area contributed by atoms with Crippen LogP contribution < -0.4 is 19.8 Å². The fourth-order valence-corrected chi connectivity index (χ4v) is 4.72. The lowest BCUT2D eigenvalue weighted by Crippen LogP contribution is -2.36. The number of aliphatic imine (C=N–C) groups is 1. The molecule has 1 N–H and O–H groups in total. The molecule has 2 aromatic rings. The monoisotopic (exact) mass is 486 g/mol. The number of ether oxygens (including phenoxy) is 2. The van der Waals surface area contributed by atoms with Crippen molar-refractivity contribution in [2.75, 3.05) is 31.4 Å². The van der Waals surface area contributed by atoms with E-state index in [1.54, 1.807) is 14.2 Å². The van der Waals surface area contributed by atoms with E-state index in [1.807, 2.05) is 12.1 Å². The highest BCUT2D eigenvalue weighted by Crippen LogP contribution is 2.35. The second kappa shape index (κ2) is 10.1. The van der Waals surface area contributed by atoms with Gasteiger partial charge in [-0.3, -0.25) is 9.79 Å². The van der Waals surface area contributed by atoms with Crippen LogP contribution in [0.4, 0.5) is 10.5 Å². The summed E-state index contributed by atoms with van der Waals surface area (Å²) in [7, 11) is 3.31. The Labute approximate surface area is 204 Å². The SMILES string of the molecule is COc1ccc(C(=NC2CC2)N2CCCc3cc(C4=NNC(=O)SC4)ccc32)cc1OC.Cl. The number of nitrogens with one attached hydrogen (secondary N) is 1. The zero-order chi connectivity index (χ0) is 22.1. The summed E-state index contributed by atoms with van der Waals surface area (Å²) in [4.78, 5) is 18.9. The molecule has 2 aromatic carbocycles. The minimum atomic E-state index is -0.103. The number of rotatable bonds is 5. The van der Waals surface area contributed by atoms with Crippen molar-refractivity contribution in [3.63, 3.8) is 0 Å². The fraction of sp³-hybridized carbons (Fsp3) is 0.375. The van der Waals surface area contributed by atoms with Gasteiger partial charge >= 0.3 is 0 Å². The average Bonchev–Trinajstić information content (AvgIpc) is 3.66. The predicted molar refractivity (Wildman–Crippen MR) is 136 cm³/mol. The Balaban J connectivity index is 0.00000259. The van der Waals surface area contributed by atoms with Crippen LogP contribution in [0.5, 0.6) is 11.5 Å². The van der Waals surface area contributed by atoms with E-state index in [0.29, 0.717) is 23.3 Å². The molecule has 7 nitrogen and oxygen atoms in total. The molecule has 0 atom stereocenters. The predicted octanol–water partition coefficient (Wildman–Crippen LogP) is 4.65. The number of amides is 1. The van der Waals surface area contributed by atoms with Gasteiger partial charge in [0.15, 0.2) is 11.5 Å². The van der Waals surface area contributed by atoms with Gasteiger partial charge in [-0.15, -0.1) is 12.4 Å². The minimum absolute atomic E-state index is 0. The third-order valence-corrected chi connectivity index (χ3v) is 6.67. The smallest absolute Gasteiger partial charge is 0.299 e. The Kier molecular flexibility index (Phi) is 7.14. The van der Waals surface area contributed by atoms with Crippen LogP contribution in [-0.4, -0.2) is 49.3 Å². The Morgan fingerprint density at radius 1 is 1.15 bits per heavy atom. The second-order valence-corrected chi connectivity index (χ2v) is 9.05. The minimum Gasteiger partial charge on any atom is -0.493 e. The van der Waals surface area contributed by atoms with Gasteiger partial charge in [0.05, 0.1) is 26.0 Å². The number of thioether (sulfide) groups is 1. The molecule has 5 rings (SSSR count). The third-order valence-electron chi connectivity index (χ3n) is 5.90. The van der Waals surface area contributed by atoms with Gasteiger partial charge in [0, 0.05) is 23.5 Å². The Morgan fingerprint density at radius 2 is 1.97 bits per heavy atom. The van der Waals surface area contributed by atoms with Crippen molar-refractivity contribution in [1.29, 1.82) is 0 Å². The van der Waals surface area contributed by atoms with E-state index in [4.69, 9.17) is 14.5 Å². The van der Waals surface area contributed by atoms with Crippen LogP contribution in [0.25, 0.3) is 0 Å². The van der Waals surface area contributed by atoms with Gasteiger partial charge in [0.1, 0.15) is 5.84 Å². The van der Waals surface area contributed by atoms with Gasteiger partial charge in [-0.05, 0) is 67.1 Å². The quantitative estimate of drug-likeness (QED) is 0.492. The first-order valence-corrected chi connectivity index (χ1v) is 11.8. The summed E-state index contributed by atoms with van der Waals surface area (Å²) in [5, 5.41) is 4.14. The number of halogens is 1. The maximum Gasteiger partial charge on any atom is 0.299 e. The number of fused-ring (bicyclic) bond motifs is 1. The van der Waals surface area contributed by atoms with E-state index < -0.39 is 0 Å². The number of methoxy groups -OCH3 is 2. The number of hydrogen-bond donors (Lipinski definition) is 1. The molecule has 0 saturated heterocycles. The summed E-state index contributed by atoms with van der Waals surface area (Å²) in [5.41, 5.74) is 8.02. The molecule has 1 saturated carbocycles. The number of nitrogens with zero attached hydrogens (tertiary/aromatic N) is 3. The molecular formula is C24H27ClN4O3S. The fourth-order valence-electron chi connectivity index (χ4n) is 4.11. The van der Waals surface area contributed by atoms with Crippen LogP contribution in [0, 0.1) is 0 Å². The number of carbonyl (C=O) groups is 1. The zero-order valence-corrected chi connectivity index (χ0v) is 20.3. The van der Waals surface area contributed by atoms with Gasteiger partial charge in [-0.2, -0.15) is 5.10 Å². The van der Waals surface area contributed by atoms with Crippen molar-refractivity contribution in [1.82, 2.24) is 5.43 Å². The van der Waals surface area contributed by atoms with E-state index in [0.717, 1.165) is 54.9 Å². The molecular weight excluding hydrogens is 460 g/mol. The average molecular weight is 487 g/mol. The lowest BCUT2D eigenvalue weighted by molar-refractivity contribution is 0.261. The summed E-state index contributed by atoms with van der Waals surface area (Å²) >= 11 is 1.25. The maximum absolute atomic E-state index is 11.4. The highest BCUT2D eigenvalue weighted by atomic mass is 35.5. The van der Waals surface area contributed by atoms with Gasteiger partial charge in [0.2, 0.25) is 0 Å². The van der Waals surface area contributed by atoms with Gasteiger partial charge in [0.25, 0.3) is 5.24 Å². The molecule has 1 fully saturated rings. The first-order valence-electron chi connectivity index (χ1n) is 10.9. The number of hydrazone groups is 1. The van der Waals surface area contributed by atoms with Crippen LogP contribution >= 0.6 is 24.2 Å². The molecule has 174 valence electrons. The summed E-state index contributed by atoms with van der Waals surface area (Å²) in [6, 6.07) is 12.9. The number of amidine groups is 1. The topological polar surface area (TPSA) is 75.5 Å². The van der Waals surface area contributed by atoms with Crippen molar-refractivity contribution < 1.29 is 14.3 Å². The van der Waals surface area contributed by atoms with E-state index in [2.05, 4.69) is 39.7 Å². The van der Waals surface area contributed by atoms with E-state index >= 15 is 0 Å². The zero-order valence-electron chi connectivity index (χ0n) is 18.7. The number of benzene rings is 2. The molecule has 0 unspecified atom stereocenters. The summed E-state index contributed by atoms with van der Waals surface area (Å²) in [6.45, 7) is 0.916. The van der Waals surface area contributed by atoms with E-state index in [1.165, 1.54) is 23.0 Å². The van der Waals surface area contributed by atoms with Crippen molar-refractivity contribution in [2.24, 2.45) is 10.1 Å². The molecule has 2 heterocycles. The Hall–Kier alpha value is -2.71. The number of carbonyl (C=O) groups excluding carboxylic acids is 1. The lowest BCUT2D eigenvalue weighted by atomic mass is 9.97. The first-order chi connectivity index (χ1) is 15.7. The molecule has 0 aromatic heterocycles.